The Bertz CT molecular complexity index is 654. The maximum absolute atomic E-state index is 12.1. The number of methoxy groups -OCH3 is 1. The van der Waals surface area contributed by atoms with Crippen LogP contribution in [0.1, 0.15) is 12.0 Å². The predicted octanol–water partition coefficient (Wildman–Crippen LogP) is 0.210. The molecule has 0 aromatic heterocycles. The molecule has 21 heavy (non-hydrogen) atoms. The van der Waals surface area contributed by atoms with Crippen LogP contribution in [0.5, 0.6) is 5.75 Å². The lowest BCUT2D eigenvalue weighted by Gasteiger charge is -2.14. The molecular weight excluding hydrogens is 302 g/mol. The minimum absolute atomic E-state index is 0.169. The largest absolute Gasteiger partial charge is 0.496 e. The van der Waals surface area contributed by atoms with Crippen LogP contribution in [0.2, 0.25) is 0 Å². The van der Waals surface area contributed by atoms with Gasteiger partial charge in [-0.1, -0.05) is 0 Å². The Morgan fingerprint density at radius 2 is 1.95 bits per heavy atom. The van der Waals surface area contributed by atoms with Crippen LogP contribution in [0, 0.1) is 6.92 Å². The van der Waals surface area contributed by atoms with Crippen molar-refractivity contribution >= 4 is 22.0 Å². The smallest absolute Gasteiger partial charge is 0.322 e. The van der Waals surface area contributed by atoms with Gasteiger partial charge in [0.1, 0.15) is 11.8 Å². The van der Waals surface area contributed by atoms with E-state index >= 15 is 0 Å². The standard InChI is InChI=1S/C12H15NO7S/c1-7-5-8(3-4-10(7)20-2)21(18,19)13-9(12(16)17)6-11(14)15/h3-5,9,13H,6H2,1-2H3,(H,14,15)(H,16,17)/t9-/m0/s1. The lowest BCUT2D eigenvalue weighted by molar-refractivity contribution is -0.145. The number of sulfonamides is 1. The van der Waals surface area contributed by atoms with E-state index in [1.165, 1.54) is 25.3 Å². The first kappa shape index (κ1) is 16.9. The number of hydrogen-bond acceptors (Lipinski definition) is 5. The highest BCUT2D eigenvalue weighted by atomic mass is 32.2. The van der Waals surface area contributed by atoms with Crippen molar-refractivity contribution in [3.8, 4) is 5.75 Å². The van der Waals surface area contributed by atoms with Crippen molar-refractivity contribution in [2.24, 2.45) is 0 Å². The highest BCUT2D eigenvalue weighted by Gasteiger charge is 2.27. The molecule has 0 saturated heterocycles. The lowest BCUT2D eigenvalue weighted by atomic mass is 10.2. The Morgan fingerprint density at radius 1 is 1.33 bits per heavy atom. The van der Waals surface area contributed by atoms with E-state index in [0.717, 1.165) is 0 Å². The van der Waals surface area contributed by atoms with Gasteiger partial charge in [-0.3, -0.25) is 9.59 Å². The first-order chi connectivity index (χ1) is 9.67. The number of rotatable bonds is 7. The molecule has 0 radical (unpaired) electrons. The Morgan fingerprint density at radius 3 is 2.38 bits per heavy atom. The molecule has 1 aromatic rings. The number of carboxylic acids is 2. The summed E-state index contributed by atoms with van der Waals surface area (Å²) in [6, 6.07) is 2.24. The van der Waals surface area contributed by atoms with Crippen molar-refractivity contribution in [3.05, 3.63) is 23.8 Å². The number of nitrogens with one attached hydrogen (secondary N) is 1. The SMILES string of the molecule is COc1ccc(S(=O)(=O)N[C@@H](CC(=O)O)C(=O)O)cc1C. The van der Waals surface area contributed by atoms with Crippen molar-refractivity contribution in [1.82, 2.24) is 4.72 Å². The number of carbonyl (C=O) groups is 2. The number of aryl methyl sites for hydroxylation is 1. The molecule has 1 atom stereocenters. The van der Waals surface area contributed by atoms with Gasteiger partial charge in [-0.05, 0) is 30.7 Å². The summed E-state index contributed by atoms with van der Waals surface area (Å²) in [5, 5.41) is 17.5. The molecule has 9 heteroatoms. The molecule has 0 bridgehead atoms. The maximum atomic E-state index is 12.1. The highest BCUT2D eigenvalue weighted by Crippen LogP contribution is 2.21. The van der Waals surface area contributed by atoms with Crippen molar-refractivity contribution in [2.75, 3.05) is 7.11 Å². The Hall–Kier alpha value is -2.13. The fraction of sp³-hybridized carbons (Fsp3) is 0.333. The highest BCUT2D eigenvalue weighted by molar-refractivity contribution is 7.89. The second-order valence-corrected chi connectivity index (χ2v) is 5.96. The number of aliphatic carboxylic acids is 2. The number of carboxylic acid groups (broad SMARTS) is 2. The van der Waals surface area contributed by atoms with Crippen LogP contribution in [-0.2, 0) is 19.6 Å². The van der Waals surface area contributed by atoms with Gasteiger partial charge in [0, 0.05) is 0 Å². The Kier molecular flexibility index (Phi) is 5.28. The average molecular weight is 317 g/mol. The second-order valence-electron chi connectivity index (χ2n) is 4.24. The molecular formula is C12H15NO7S. The first-order valence-electron chi connectivity index (χ1n) is 5.79. The molecule has 0 aliphatic heterocycles. The molecule has 1 aromatic carbocycles. The predicted molar refractivity (Wildman–Crippen MR) is 71.7 cm³/mol. The van der Waals surface area contributed by atoms with Gasteiger partial charge in [-0.25, -0.2) is 8.42 Å². The van der Waals surface area contributed by atoms with E-state index in [4.69, 9.17) is 14.9 Å². The van der Waals surface area contributed by atoms with Gasteiger partial charge in [0.15, 0.2) is 0 Å². The Labute approximate surface area is 121 Å². The number of benzene rings is 1. The molecule has 0 aliphatic carbocycles. The molecule has 116 valence electrons. The summed E-state index contributed by atoms with van der Waals surface area (Å²) >= 11 is 0. The molecule has 0 spiro atoms. The van der Waals surface area contributed by atoms with Gasteiger partial charge in [0.25, 0.3) is 0 Å². The number of hydrogen-bond donors (Lipinski definition) is 3. The van der Waals surface area contributed by atoms with E-state index in [1.54, 1.807) is 6.92 Å². The van der Waals surface area contributed by atoms with E-state index in [9.17, 15) is 18.0 Å². The molecule has 0 aliphatic rings. The third-order valence-electron chi connectivity index (χ3n) is 2.65. The summed E-state index contributed by atoms with van der Waals surface area (Å²) in [5.41, 5.74) is 0.547. The number of ether oxygens (including phenoxy) is 1. The summed E-state index contributed by atoms with van der Waals surface area (Å²) in [6.07, 6.45) is -0.857. The van der Waals surface area contributed by atoms with Gasteiger partial charge < -0.3 is 14.9 Å². The topological polar surface area (TPSA) is 130 Å². The van der Waals surface area contributed by atoms with Crippen LogP contribution in [0.3, 0.4) is 0 Å². The van der Waals surface area contributed by atoms with E-state index in [2.05, 4.69) is 0 Å². The monoisotopic (exact) mass is 317 g/mol. The van der Waals surface area contributed by atoms with Gasteiger partial charge >= 0.3 is 11.9 Å². The minimum Gasteiger partial charge on any atom is -0.496 e. The second kappa shape index (κ2) is 6.55. The average Bonchev–Trinajstić information content (AvgIpc) is 2.36. The fourth-order valence-corrected chi connectivity index (χ4v) is 2.90. The fourth-order valence-electron chi connectivity index (χ4n) is 1.63. The molecule has 0 saturated carbocycles. The quantitative estimate of drug-likeness (QED) is 0.655. The van der Waals surface area contributed by atoms with E-state index in [1.807, 2.05) is 4.72 Å². The maximum Gasteiger partial charge on any atom is 0.322 e. The van der Waals surface area contributed by atoms with Crippen LogP contribution >= 0.6 is 0 Å². The van der Waals surface area contributed by atoms with E-state index in [-0.39, 0.29) is 4.90 Å². The van der Waals surface area contributed by atoms with Crippen LogP contribution < -0.4 is 9.46 Å². The third kappa shape index (κ3) is 4.43. The van der Waals surface area contributed by atoms with Crippen LogP contribution in [-0.4, -0.2) is 43.7 Å². The normalized spacial score (nSPS) is 12.7. The van der Waals surface area contributed by atoms with Crippen LogP contribution in [0.15, 0.2) is 23.1 Å². The molecule has 0 unspecified atom stereocenters. The van der Waals surface area contributed by atoms with Crippen LogP contribution in [0.4, 0.5) is 0 Å². The summed E-state index contributed by atoms with van der Waals surface area (Å²) in [6.45, 7) is 1.63. The lowest BCUT2D eigenvalue weighted by Crippen LogP contribution is -2.42. The zero-order valence-electron chi connectivity index (χ0n) is 11.4. The van der Waals surface area contributed by atoms with E-state index in [0.29, 0.717) is 11.3 Å². The molecule has 0 fully saturated rings. The third-order valence-corrected chi connectivity index (χ3v) is 4.12. The van der Waals surface area contributed by atoms with Crippen LogP contribution in [0.25, 0.3) is 0 Å². The summed E-state index contributed by atoms with van der Waals surface area (Å²) < 4.78 is 31.0. The van der Waals surface area contributed by atoms with Gasteiger partial charge in [-0.2, -0.15) is 4.72 Å². The summed E-state index contributed by atoms with van der Waals surface area (Å²) in [4.78, 5) is 21.3. The van der Waals surface area contributed by atoms with Crippen molar-refractivity contribution < 1.29 is 33.0 Å². The minimum atomic E-state index is -4.15. The summed E-state index contributed by atoms with van der Waals surface area (Å²) in [5.74, 6) is -2.50. The zero-order chi connectivity index (χ0) is 16.2. The zero-order valence-corrected chi connectivity index (χ0v) is 12.2. The Balaban J connectivity index is 3.07. The molecule has 8 nitrogen and oxygen atoms in total. The van der Waals surface area contributed by atoms with Gasteiger partial charge in [0.2, 0.25) is 10.0 Å². The first-order valence-corrected chi connectivity index (χ1v) is 7.27. The van der Waals surface area contributed by atoms with Crippen molar-refractivity contribution in [3.63, 3.8) is 0 Å². The van der Waals surface area contributed by atoms with Gasteiger partial charge in [-0.15, -0.1) is 0 Å². The molecule has 0 heterocycles. The molecule has 1 rings (SSSR count). The summed E-state index contributed by atoms with van der Waals surface area (Å²) in [7, 11) is -2.71. The van der Waals surface area contributed by atoms with Crippen molar-refractivity contribution in [1.29, 1.82) is 0 Å². The molecule has 3 N–H and O–H groups in total. The molecule has 0 amide bonds. The van der Waals surface area contributed by atoms with Crippen molar-refractivity contribution in [2.45, 2.75) is 24.3 Å². The van der Waals surface area contributed by atoms with E-state index < -0.39 is 34.4 Å². The van der Waals surface area contributed by atoms with Gasteiger partial charge in [0.05, 0.1) is 18.4 Å².